The number of aryl methyl sites for hydroxylation is 1. The van der Waals surface area contributed by atoms with Gasteiger partial charge in [-0.25, -0.2) is 0 Å². The average Bonchev–Trinajstić information content (AvgIpc) is 2.02. The summed E-state index contributed by atoms with van der Waals surface area (Å²) in [5.74, 6) is 0. The minimum atomic E-state index is -0.0905. The van der Waals surface area contributed by atoms with Crippen LogP contribution in [0.4, 0.5) is 0 Å². The average molecular weight is 194 g/mol. The third kappa shape index (κ3) is 1.33. The molecule has 2 rings (SSSR count). The van der Waals surface area contributed by atoms with Crippen molar-refractivity contribution in [2.45, 2.75) is 6.92 Å². The Labute approximate surface area is 80.2 Å². The van der Waals surface area contributed by atoms with Crippen molar-refractivity contribution >= 4 is 22.5 Å². The van der Waals surface area contributed by atoms with Crippen LogP contribution in [0.1, 0.15) is 5.56 Å². The first-order chi connectivity index (χ1) is 6.18. The SMILES string of the molecule is Cc1cc(=O)[nH]c2cccc(Cl)c12. The highest BCUT2D eigenvalue weighted by molar-refractivity contribution is 6.35. The molecule has 2 aromatic rings. The van der Waals surface area contributed by atoms with Crippen LogP contribution in [-0.2, 0) is 0 Å². The Kier molecular flexibility index (Phi) is 1.85. The zero-order valence-corrected chi connectivity index (χ0v) is 7.85. The molecule has 13 heavy (non-hydrogen) atoms. The van der Waals surface area contributed by atoms with Gasteiger partial charge in [0, 0.05) is 11.5 Å². The molecule has 0 saturated carbocycles. The lowest BCUT2D eigenvalue weighted by atomic mass is 10.1. The summed E-state index contributed by atoms with van der Waals surface area (Å²) in [6, 6.07) is 7.03. The molecule has 0 radical (unpaired) electrons. The fraction of sp³-hybridized carbons (Fsp3) is 0.100. The van der Waals surface area contributed by atoms with Gasteiger partial charge in [-0.05, 0) is 24.6 Å². The molecule has 0 fully saturated rings. The van der Waals surface area contributed by atoms with Gasteiger partial charge < -0.3 is 4.98 Å². The molecule has 0 saturated heterocycles. The molecule has 0 amide bonds. The van der Waals surface area contributed by atoms with E-state index in [4.69, 9.17) is 11.6 Å². The van der Waals surface area contributed by atoms with Crippen LogP contribution in [0.2, 0.25) is 5.02 Å². The van der Waals surface area contributed by atoms with Crippen molar-refractivity contribution in [1.82, 2.24) is 4.98 Å². The van der Waals surface area contributed by atoms with Crippen molar-refractivity contribution < 1.29 is 0 Å². The van der Waals surface area contributed by atoms with Gasteiger partial charge in [0.2, 0.25) is 5.56 Å². The van der Waals surface area contributed by atoms with Crippen LogP contribution < -0.4 is 5.56 Å². The van der Waals surface area contributed by atoms with Gasteiger partial charge in [0.25, 0.3) is 0 Å². The number of rotatable bonds is 0. The van der Waals surface area contributed by atoms with Gasteiger partial charge in [-0.3, -0.25) is 4.79 Å². The van der Waals surface area contributed by atoms with E-state index in [0.29, 0.717) is 5.02 Å². The molecule has 3 heteroatoms. The molecular formula is C10H8ClNO. The van der Waals surface area contributed by atoms with Crippen molar-refractivity contribution in [2.24, 2.45) is 0 Å². The molecule has 0 aliphatic carbocycles. The number of aromatic nitrogens is 1. The molecule has 66 valence electrons. The second kappa shape index (κ2) is 2.89. The summed E-state index contributed by atoms with van der Waals surface area (Å²) in [4.78, 5) is 13.8. The first-order valence-corrected chi connectivity index (χ1v) is 4.34. The summed E-state index contributed by atoms with van der Waals surface area (Å²) in [6.45, 7) is 1.88. The Morgan fingerprint density at radius 3 is 2.92 bits per heavy atom. The van der Waals surface area contributed by atoms with Gasteiger partial charge in [-0.2, -0.15) is 0 Å². The quantitative estimate of drug-likeness (QED) is 0.685. The van der Waals surface area contributed by atoms with Gasteiger partial charge in [0.15, 0.2) is 0 Å². The van der Waals surface area contributed by atoms with Crippen molar-refractivity contribution in [3.8, 4) is 0 Å². The third-order valence-electron chi connectivity index (χ3n) is 2.01. The minimum absolute atomic E-state index is 0.0905. The van der Waals surface area contributed by atoms with Gasteiger partial charge in [-0.1, -0.05) is 17.7 Å². The van der Waals surface area contributed by atoms with Gasteiger partial charge >= 0.3 is 0 Å². The lowest BCUT2D eigenvalue weighted by molar-refractivity contribution is 1.28. The highest BCUT2D eigenvalue weighted by Crippen LogP contribution is 2.23. The van der Waals surface area contributed by atoms with Crippen LogP contribution in [0.3, 0.4) is 0 Å². The van der Waals surface area contributed by atoms with Crippen LogP contribution in [-0.4, -0.2) is 4.98 Å². The predicted octanol–water partition coefficient (Wildman–Crippen LogP) is 2.49. The van der Waals surface area contributed by atoms with Crippen LogP contribution in [0.15, 0.2) is 29.1 Å². The smallest absolute Gasteiger partial charge is 0.248 e. The lowest BCUT2D eigenvalue weighted by Gasteiger charge is -2.02. The monoisotopic (exact) mass is 193 g/mol. The number of benzene rings is 1. The van der Waals surface area contributed by atoms with E-state index < -0.39 is 0 Å². The molecule has 1 aromatic carbocycles. The molecule has 0 aliphatic heterocycles. The summed E-state index contributed by atoms with van der Waals surface area (Å²) >= 11 is 5.99. The zero-order chi connectivity index (χ0) is 9.42. The van der Waals surface area contributed by atoms with Crippen molar-refractivity contribution in [3.63, 3.8) is 0 Å². The fourth-order valence-corrected chi connectivity index (χ4v) is 1.79. The molecule has 0 unspecified atom stereocenters. The van der Waals surface area contributed by atoms with E-state index in [0.717, 1.165) is 16.5 Å². The van der Waals surface area contributed by atoms with Crippen LogP contribution in [0, 0.1) is 6.92 Å². The first-order valence-electron chi connectivity index (χ1n) is 3.96. The molecule has 0 bridgehead atoms. The third-order valence-corrected chi connectivity index (χ3v) is 2.33. The summed E-state index contributed by atoms with van der Waals surface area (Å²) in [5, 5.41) is 1.59. The molecule has 0 spiro atoms. The largest absolute Gasteiger partial charge is 0.322 e. The van der Waals surface area contributed by atoms with Gasteiger partial charge in [0.1, 0.15) is 0 Å². The molecule has 1 N–H and O–H groups in total. The molecular weight excluding hydrogens is 186 g/mol. The van der Waals surface area contributed by atoms with E-state index in [9.17, 15) is 4.79 Å². The fourth-order valence-electron chi connectivity index (χ4n) is 1.47. The Morgan fingerprint density at radius 1 is 1.38 bits per heavy atom. The van der Waals surface area contributed by atoms with Crippen LogP contribution in [0.5, 0.6) is 0 Å². The molecule has 1 aromatic heterocycles. The number of nitrogens with one attached hydrogen (secondary N) is 1. The van der Waals surface area contributed by atoms with Gasteiger partial charge in [-0.15, -0.1) is 0 Å². The minimum Gasteiger partial charge on any atom is -0.322 e. The maximum Gasteiger partial charge on any atom is 0.248 e. The van der Waals surface area contributed by atoms with Crippen LogP contribution >= 0.6 is 11.6 Å². The Morgan fingerprint density at radius 2 is 2.15 bits per heavy atom. The zero-order valence-electron chi connectivity index (χ0n) is 7.10. The Hall–Kier alpha value is -1.28. The Bertz CT molecular complexity index is 516. The summed E-state index contributed by atoms with van der Waals surface area (Å²) < 4.78 is 0. The highest BCUT2D eigenvalue weighted by atomic mass is 35.5. The van der Waals surface area contributed by atoms with E-state index in [2.05, 4.69) is 4.98 Å². The van der Waals surface area contributed by atoms with E-state index in [1.807, 2.05) is 25.1 Å². The van der Waals surface area contributed by atoms with Gasteiger partial charge in [0.05, 0.1) is 10.5 Å². The summed E-state index contributed by atoms with van der Waals surface area (Å²) in [7, 11) is 0. The van der Waals surface area contributed by atoms with Crippen molar-refractivity contribution in [1.29, 1.82) is 0 Å². The predicted molar refractivity (Wildman–Crippen MR) is 54.3 cm³/mol. The van der Waals surface area contributed by atoms with Crippen molar-refractivity contribution in [3.05, 3.63) is 45.2 Å². The molecule has 2 nitrogen and oxygen atoms in total. The molecule has 1 heterocycles. The second-order valence-corrected chi connectivity index (χ2v) is 3.39. The Balaban J connectivity index is 3.03. The number of pyridine rings is 1. The number of H-pyrrole nitrogens is 1. The van der Waals surface area contributed by atoms with E-state index in [1.165, 1.54) is 0 Å². The summed E-state index contributed by atoms with van der Waals surface area (Å²) in [5.41, 5.74) is 1.61. The first kappa shape index (κ1) is 8.32. The normalized spacial score (nSPS) is 10.6. The topological polar surface area (TPSA) is 32.9 Å². The number of aromatic amines is 1. The molecule has 0 atom stereocenters. The number of fused-ring (bicyclic) bond motifs is 1. The highest BCUT2D eigenvalue weighted by Gasteiger charge is 2.02. The maximum atomic E-state index is 11.1. The van der Waals surface area contributed by atoms with E-state index >= 15 is 0 Å². The van der Waals surface area contributed by atoms with E-state index in [-0.39, 0.29) is 5.56 Å². The number of hydrogen-bond acceptors (Lipinski definition) is 1. The lowest BCUT2D eigenvalue weighted by Crippen LogP contribution is -2.04. The van der Waals surface area contributed by atoms with E-state index in [1.54, 1.807) is 6.07 Å². The second-order valence-electron chi connectivity index (χ2n) is 2.98. The maximum absolute atomic E-state index is 11.1. The number of halogens is 1. The van der Waals surface area contributed by atoms with Crippen LogP contribution in [0.25, 0.3) is 10.9 Å². The summed E-state index contributed by atoms with van der Waals surface area (Å²) in [6.07, 6.45) is 0. The standard InChI is InChI=1S/C10H8ClNO/c1-6-5-9(13)12-8-4-2-3-7(11)10(6)8/h2-5H,1H3,(H,12,13). The molecule has 0 aliphatic rings. The number of hydrogen-bond donors (Lipinski definition) is 1. The van der Waals surface area contributed by atoms with Crippen molar-refractivity contribution in [2.75, 3.05) is 0 Å².